The first kappa shape index (κ1) is 23.8. The van der Waals surface area contributed by atoms with Crippen molar-refractivity contribution in [3.05, 3.63) is 59.7 Å². The average molecular weight is 465 g/mol. The molecule has 4 rings (SSSR count). The maximum absolute atomic E-state index is 12.9. The van der Waals surface area contributed by atoms with Crippen LogP contribution in [0.5, 0.6) is 0 Å². The Morgan fingerprint density at radius 3 is 2.18 bits per heavy atom. The van der Waals surface area contributed by atoms with Gasteiger partial charge in [-0.3, -0.25) is 9.59 Å². The average Bonchev–Trinajstić information content (AvgIpc) is 3.12. The molecule has 0 radical (unpaired) electrons. The van der Waals surface area contributed by atoms with Gasteiger partial charge in [-0.15, -0.1) is 0 Å². The molecule has 2 aromatic rings. The van der Waals surface area contributed by atoms with E-state index in [1.54, 1.807) is 0 Å². The lowest BCUT2D eigenvalue weighted by atomic mass is 9.78. The first-order chi connectivity index (χ1) is 16.4. The lowest BCUT2D eigenvalue weighted by Crippen LogP contribution is -2.55. The highest BCUT2D eigenvalue weighted by Crippen LogP contribution is 2.44. The van der Waals surface area contributed by atoms with Crippen LogP contribution in [0.2, 0.25) is 0 Å². The highest BCUT2D eigenvalue weighted by Gasteiger charge is 2.35. The zero-order valence-electron chi connectivity index (χ0n) is 19.6. The molecule has 0 heterocycles. The van der Waals surface area contributed by atoms with Crippen LogP contribution in [0.25, 0.3) is 11.1 Å². The number of aliphatic carboxylic acids is 1. The number of nitrogens with one attached hydrogen (secondary N) is 2. The Bertz CT molecular complexity index is 1020. The molecule has 180 valence electrons. The van der Waals surface area contributed by atoms with Crippen molar-refractivity contribution in [2.24, 2.45) is 11.8 Å². The van der Waals surface area contributed by atoms with Crippen LogP contribution in [-0.2, 0) is 14.3 Å². The summed E-state index contributed by atoms with van der Waals surface area (Å²) in [6, 6.07) is 15.5. The number of carbonyl (C=O) groups is 3. The van der Waals surface area contributed by atoms with Crippen LogP contribution < -0.4 is 10.6 Å². The summed E-state index contributed by atoms with van der Waals surface area (Å²) in [5, 5.41) is 14.6. The maximum Gasteiger partial charge on any atom is 0.407 e. The molecule has 2 aliphatic rings. The number of alkyl carbamates (subject to hydrolysis) is 1. The predicted octanol–water partition coefficient (Wildman–Crippen LogP) is 4.31. The van der Waals surface area contributed by atoms with E-state index in [0.717, 1.165) is 22.3 Å². The van der Waals surface area contributed by atoms with E-state index >= 15 is 0 Å². The topological polar surface area (TPSA) is 105 Å². The molecule has 2 unspecified atom stereocenters. The van der Waals surface area contributed by atoms with Crippen molar-refractivity contribution >= 4 is 18.0 Å². The second-order valence-electron chi connectivity index (χ2n) is 9.47. The second-order valence-corrected chi connectivity index (χ2v) is 9.47. The summed E-state index contributed by atoms with van der Waals surface area (Å²) in [7, 11) is 0. The van der Waals surface area contributed by atoms with E-state index in [4.69, 9.17) is 9.84 Å². The van der Waals surface area contributed by atoms with Gasteiger partial charge in [0.15, 0.2) is 0 Å². The number of carboxylic acid groups (broad SMARTS) is 1. The third-order valence-electron chi connectivity index (χ3n) is 7.16. The minimum Gasteiger partial charge on any atom is -0.481 e. The molecule has 3 N–H and O–H groups in total. The van der Waals surface area contributed by atoms with Crippen LogP contribution in [0.4, 0.5) is 4.79 Å². The number of hydrogen-bond acceptors (Lipinski definition) is 4. The van der Waals surface area contributed by atoms with Gasteiger partial charge in [-0.25, -0.2) is 4.79 Å². The van der Waals surface area contributed by atoms with Crippen molar-refractivity contribution < 1.29 is 24.2 Å². The van der Waals surface area contributed by atoms with E-state index < -0.39 is 18.1 Å². The van der Waals surface area contributed by atoms with Crippen LogP contribution in [-0.4, -0.2) is 41.8 Å². The lowest BCUT2D eigenvalue weighted by molar-refractivity contribution is -0.139. The monoisotopic (exact) mass is 464 g/mol. The minimum absolute atomic E-state index is 0.0461. The molecule has 0 bridgehead atoms. The van der Waals surface area contributed by atoms with Crippen molar-refractivity contribution in [2.75, 3.05) is 6.61 Å². The Balaban J connectivity index is 1.35. The standard InChI is InChI=1S/C27H32N2O5/c1-3-16(2)25(26(32)28-18-12-17(13-18)14-24(30)31)29-27(33)34-15-23-21-10-6-4-8-19(21)20-9-5-7-11-22(20)23/h4-11,16-18,23,25H,3,12-15H2,1-2H3,(H,28,32)(H,29,33)(H,30,31). The third kappa shape index (κ3) is 5.08. The number of benzene rings is 2. The van der Waals surface area contributed by atoms with Crippen LogP contribution in [0.15, 0.2) is 48.5 Å². The summed E-state index contributed by atoms with van der Waals surface area (Å²) in [5.74, 6) is -1.09. The van der Waals surface area contributed by atoms with Gasteiger partial charge in [-0.2, -0.15) is 0 Å². The van der Waals surface area contributed by atoms with E-state index in [9.17, 15) is 14.4 Å². The van der Waals surface area contributed by atoms with E-state index in [1.165, 1.54) is 0 Å². The highest BCUT2D eigenvalue weighted by molar-refractivity contribution is 5.86. The molecule has 2 aliphatic carbocycles. The Hall–Kier alpha value is -3.35. The summed E-state index contributed by atoms with van der Waals surface area (Å²) >= 11 is 0. The van der Waals surface area contributed by atoms with Gasteiger partial charge >= 0.3 is 12.1 Å². The van der Waals surface area contributed by atoms with Crippen molar-refractivity contribution in [1.29, 1.82) is 0 Å². The number of amides is 2. The van der Waals surface area contributed by atoms with E-state index in [-0.39, 0.29) is 42.7 Å². The maximum atomic E-state index is 12.9. The molecular formula is C27H32N2O5. The minimum atomic E-state index is -0.816. The van der Waals surface area contributed by atoms with Crippen LogP contribution in [0, 0.1) is 11.8 Å². The van der Waals surface area contributed by atoms with Crippen molar-refractivity contribution in [3.8, 4) is 11.1 Å². The summed E-state index contributed by atoms with van der Waals surface area (Å²) in [4.78, 5) is 36.5. The molecule has 2 aromatic carbocycles. The Labute approximate surface area is 199 Å². The zero-order chi connectivity index (χ0) is 24.2. The molecule has 0 aliphatic heterocycles. The fourth-order valence-electron chi connectivity index (χ4n) is 5.03. The summed E-state index contributed by atoms with van der Waals surface area (Å²) in [6.07, 6.45) is 1.53. The molecule has 0 aromatic heterocycles. The molecule has 2 atom stereocenters. The summed E-state index contributed by atoms with van der Waals surface area (Å²) in [5.41, 5.74) is 4.58. The number of carboxylic acids is 1. The van der Waals surface area contributed by atoms with E-state index in [2.05, 4.69) is 34.9 Å². The van der Waals surface area contributed by atoms with E-state index in [1.807, 2.05) is 38.1 Å². The van der Waals surface area contributed by atoms with Gasteiger partial charge in [-0.05, 0) is 46.9 Å². The first-order valence-corrected chi connectivity index (χ1v) is 12.0. The molecule has 0 saturated heterocycles. The van der Waals surface area contributed by atoms with Crippen molar-refractivity contribution in [2.45, 2.75) is 57.5 Å². The normalized spacial score (nSPS) is 20.3. The Morgan fingerprint density at radius 1 is 1.03 bits per heavy atom. The van der Waals surface area contributed by atoms with Crippen LogP contribution in [0.3, 0.4) is 0 Å². The molecule has 7 heteroatoms. The molecule has 2 amide bonds. The fourth-order valence-corrected chi connectivity index (χ4v) is 5.03. The van der Waals surface area contributed by atoms with Crippen molar-refractivity contribution in [3.63, 3.8) is 0 Å². The molecule has 34 heavy (non-hydrogen) atoms. The van der Waals surface area contributed by atoms with Gasteiger partial charge in [0.1, 0.15) is 12.6 Å². The van der Waals surface area contributed by atoms with Gasteiger partial charge in [0, 0.05) is 18.4 Å². The van der Waals surface area contributed by atoms with Gasteiger partial charge in [-0.1, -0.05) is 68.8 Å². The molecule has 1 fully saturated rings. The fraction of sp³-hybridized carbons (Fsp3) is 0.444. The SMILES string of the molecule is CCC(C)C(NC(=O)OCC1c2ccccc2-c2ccccc21)C(=O)NC1CC(CC(=O)O)C1. The van der Waals surface area contributed by atoms with Crippen LogP contribution in [0.1, 0.15) is 56.6 Å². The summed E-state index contributed by atoms with van der Waals surface area (Å²) in [6.45, 7) is 4.08. The summed E-state index contributed by atoms with van der Waals surface area (Å²) < 4.78 is 5.63. The van der Waals surface area contributed by atoms with E-state index in [0.29, 0.717) is 19.3 Å². The van der Waals surface area contributed by atoms with Gasteiger partial charge in [0.05, 0.1) is 0 Å². The molecule has 7 nitrogen and oxygen atoms in total. The van der Waals surface area contributed by atoms with Gasteiger partial charge in [0.25, 0.3) is 0 Å². The van der Waals surface area contributed by atoms with Crippen LogP contribution >= 0.6 is 0 Å². The third-order valence-corrected chi connectivity index (χ3v) is 7.16. The molecule has 1 saturated carbocycles. The highest BCUT2D eigenvalue weighted by atomic mass is 16.5. The lowest BCUT2D eigenvalue weighted by Gasteiger charge is -2.36. The predicted molar refractivity (Wildman–Crippen MR) is 128 cm³/mol. The Morgan fingerprint density at radius 2 is 1.62 bits per heavy atom. The van der Waals surface area contributed by atoms with Gasteiger partial charge in [0.2, 0.25) is 5.91 Å². The quantitative estimate of drug-likeness (QED) is 0.513. The Kier molecular flexibility index (Phi) is 7.20. The molecule has 0 spiro atoms. The number of hydrogen-bond donors (Lipinski definition) is 3. The smallest absolute Gasteiger partial charge is 0.407 e. The largest absolute Gasteiger partial charge is 0.481 e. The number of rotatable bonds is 9. The number of carbonyl (C=O) groups excluding carboxylic acids is 2. The van der Waals surface area contributed by atoms with Crippen molar-refractivity contribution in [1.82, 2.24) is 10.6 Å². The van der Waals surface area contributed by atoms with Gasteiger partial charge < -0.3 is 20.5 Å². The second kappa shape index (κ2) is 10.3. The molecular weight excluding hydrogens is 432 g/mol. The zero-order valence-corrected chi connectivity index (χ0v) is 19.6. The number of fused-ring (bicyclic) bond motifs is 3. The first-order valence-electron chi connectivity index (χ1n) is 12.0. The number of ether oxygens (including phenoxy) is 1.